The van der Waals surface area contributed by atoms with Gasteiger partial charge in [0.05, 0.1) is 11.4 Å². The Kier molecular flexibility index (Phi) is 13.5. The molecule has 0 unspecified atom stereocenters. The molecule has 0 aromatic heterocycles. The predicted molar refractivity (Wildman–Crippen MR) is 192 cm³/mol. The lowest BCUT2D eigenvalue weighted by molar-refractivity contribution is 0.653. The van der Waals surface area contributed by atoms with Crippen LogP contribution in [0.5, 0.6) is 0 Å². The van der Waals surface area contributed by atoms with Gasteiger partial charge in [-0.2, -0.15) is 0 Å². The van der Waals surface area contributed by atoms with Crippen LogP contribution in [0.25, 0.3) is 11.4 Å². The molecular weight excluding hydrogens is 524 g/mol. The van der Waals surface area contributed by atoms with Crippen LogP contribution >= 0.6 is 0 Å². The van der Waals surface area contributed by atoms with Crippen LogP contribution in [0, 0.1) is 13.8 Å². The summed E-state index contributed by atoms with van der Waals surface area (Å²) in [7, 11) is 0. The van der Waals surface area contributed by atoms with E-state index >= 15 is 0 Å². The van der Waals surface area contributed by atoms with E-state index in [1.54, 1.807) is 0 Å². The maximum Gasteiger partial charge on any atom is 0.0628 e. The van der Waals surface area contributed by atoms with Gasteiger partial charge in [-0.1, -0.05) is 94.0 Å². The van der Waals surface area contributed by atoms with Gasteiger partial charge in [0.25, 0.3) is 0 Å². The van der Waals surface area contributed by atoms with E-state index in [2.05, 4.69) is 142 Å². The zero-order valence-corrected chi connectivity index (χ0v) is 27.4. The van der Waals surface area contributed by atoms with Crippen molar-refractivity contribution in [2.75, 3.05) is 47.8 Å². The number of nitrogens with one attached hydrogen (secondary N) is 2. The van der Waals surface area contributed by atoms with Gasteiger partial charge in [0.1, 0.15) is 0 Å². The molecule has 3 aromatic carbocycles. The Hall–Kier alpha value is -3.92. The van der Waals surface area contributed by atoms with Crippen molar-refractivity contribution in [1.82, 2.24) is 5.32 Å². The van der Waals surface area contributed by atoms with Crippen LogP contribution in [0.2, 0.25) is 0 Å². The number of nitrogens with zero attached hydrogens (tertiary/aromatic N) is 2. The van der Waals surface area contributed by atoms with Gasteiger partial charge in [-0.05, 0) is 74.9 Å². The SMILES string of the molecule is C=C(C)CCCC.C=C(NCCCC)c1ccc(N2CCN(c3ccccc3C)CC2)c(NC(=C)c2ccccc2C)c1. The van der Waals surface area contributed by atoms with Crippen molar-refractivity contribution in [3.05, 3.63) is 114 Å². The van der Waals surface area contributed by atoms with Gasteiger partial charge in [-0.15, -0.1) is 6.58 Å². The van der Waals surface area contributed by atoms with Gasteiger partial charge in [0, 0.05) is 55.4 Å². The molecule has 1 heterocycles. The minimum absolute atomic E-state index is 0.912. The lowest BCUT2D eigenvalue weighted by Gasteiger charge is -2.39. The van der Waals surface area contributed by atoms with E-state index in [4.69, 9.17) is 0 Å². The summed E-state index contributed by atoms with van der Waals surface area (Å²) in [6, 6.07) is 23.7. The number of rotatable bonds is 13. The van der Waals surface area contributed by atoms with E-state index in [-0.39, 0.29) is 0 Å². The van der Waals surface area contributed by atoms with E-state index in [0.29, 0.717) is 0 Å². The number of unbranched alkanes of at least 4 members (excludes halogenated alkanes) is 2. The van der Waals surface area contributed by atoms with Crippen molar-refractivity contribution in [1.29, 1.82) is 0 Å². The molecule has 4 rings (SSSR count). The Bertz CT molecular complexity index is 1350. The van der Waals surface area contributed by atoms with Crippen molar-refractivity contribution in [3.63, 3.8) is 0 Å². The molecule has 0 aliphatic carbocycles. The zero-order valence-electron chi connectivity index (χ0n) is 27.4. The normalized spacial score (nSPS) is 12.7. The fourth-order valence-electron chi connectivity index (χ4n) is 5.34. The largest absolute Gasteiger partial charge is 0.385 e. The van der Waals surface area contributed by atoms with Crippen molar-refractivity contribution in [2.24, 2.45) is 0 Å². The summed E-state index contributed by atoms with van der Waals surface area (Å²) in [4.78, 5) is 4.98. The zero-order chi connectivity index (χ0) is 31.2. The second-order valence-corrected chi connectivity index (χ2v) is 11.7. The third kappa shape index (κ3) is 10.1. The molecule has 3 aromatic rings. The summed E-state index contributed by atoms with van der Waals surface area (Å²) in [5.41, 5.74) is 11.6. The van der Waals surface area contributed by atoms with Crippen LogP contribution in [0.15, 0.2) is 92.0 Å². The summed E-state index contributed by atoms with van der Waals surface area (Å²) < 4.78 is 0. The topological polar surface area (TPSA) is 30.5 Å². The molecule has 0 spiro atoms. The molecule has 2 N–H and O–H groups in total. The summed E-state index contributed by atoms with van der Waals surface area (Å²) in [6.07, 6.45) is 6.09. The minimum Gasteiger partial charge on any atom is -0.385 e. The Morgan fingerprint density at radius 3 is 1.91 bits per heavy atom. The number of para-hydroxylation sites is 1. The quantitative estimate of drug-likeness (QED) is 0.156. The van der Waals surface area contributed by atoms with E-state index in [1.807, 2.05) is 0 Å². The number of allylic oxidation sites excluding steroid dienone is 1. The van der Waals surface area contributed by atoms with Gasteiger partial charge in [0.2, 0.25) is 0 Å². The Morgan fingerprint density at radius 2 is 1.33 bits per heavy atom. The highest BCUT2D eigenvalue weighted by molar-refractivity contribution is 5.85. The van der Waals surface area contributed by atoms with Crippen molar-refractivity contribution in [3.8, 4) is 0 Å². The van der Waals surface area contributed by atoms with Crippen LogP contribution in [0.1, 0.15) is 75.1 Å². The van der Waals surface area contributed by atoms with Gasteiger partial charge >= 0.3 is 0 Å². The Morgan fingerprint density at radius 1 is 0.721 bits per heavy atom. The molecule has 0 radical (unpaired) electrons. The van der Waals surface area contributed by atoms with Crippen LogP contribution < -0.4 is 20.4 Å². The van der Waals surface area contributed by atoms with Gasteiger partial charge in [-0.3, -0.25) is 0 Å². The second kappa shape index (κ2) is 17.3. The van der Waals surface area contributed by atoms with E-state index in [0.717, 1.165) is 73.8 Å². The van der Waals surface area contributed by atoms with Crippen LogP contribution in [0.4, 0.5) is 17.1 Å². The molecule has 230 valence electrons. The summed E-state index contributed by atoms with van der Waals surface area (Å²) in [5.74, 6) is 0. The van der Waals surface area contributed by atoms with Crippen LogP contribution in [-0.4, -0.2) is 32.7 Å². The van der Waals surface area contributed by atoms with Crippen LogP contribution in [0.3, 0.4) is 0 Å². The Labute approximate surface area is 262 Å². The van der Waals surface area contributed by atoms with E-state index < -0.39 is 0 Å². The molecule has 1 aliphatic rings. The number of aryl methyl sites for hydroxylation is 2. The molecule has 0 atom stereocenters. The average molecular weight is 579 g/mol. The third-order valence-electron chi connectivity index (χ3n) is 8.00. The first kappa shape index (κ1) is 33.6. The summed E-state index contributed by atoms with van der Waals surface area (Å²) >= 11 is 0. The lowest BCUT2D eigenvalue weighted by Crippen LogP contribution is -2.47. The summed E-state index contributed by atoms with van der Waals surface area (Å²) in [6.45, 7) is 28.2. The van der Waals surface area contributed by atoms with E-state index in [1.165, 1.54) is 47.3 Å². The molecule has 1 fully saturated rings. The smallest absolute Gasteiger partial charge is 0.0628 e. The fourth-order valence-corrected chi connectivity index (χ4v) is 5.34. The number of piperazine rings is 1. The standard InChI is InChI=1S/C32H40N4.C7H14/c1-6-7-18-33-26(4)28-16-17-32(30(23-28)34-27(5)29-14-10-8-12-24(29)2)36-21-19-35(20-22-36)31-15-11-9-13-25(31)3;1-4-5-6-7(2)3/h8-17,23,33-34H,4-7,18-22H2,1-3H3;2,4-6H2,1,3H3. The molecule has 1 saturated heterocycles. The van der Waals surface area contributed by atoms with Crippen molar-refractivity contribution in [2.45, 2.75) is 66.7 Å². The highest BCUT2D eigenvalue weighted by atomic mass is 15.3. The van der Waals surface area contributed by atoms with Crippen LogP contribution in [-0.2, 0) is 0 Å². The predicted octanol–water partition coefficient (Wildman–Crippen LogP) is 9.83. The van der Waals surface area contributed by atoms with Crippen molar-refractivity contribution < 1.29 is 0 Å². The molecule has 1 aliphatic heterocycles. The van der Waals surface area contributed by atoms with Gasteiger partial charge in [0.15, 0.2) is 0 Å². The molecule has 43 heavy (non-hydrogen) atoms. The highest BCUT2D eigenvalue weighted by Crippen LogP contribution is 2.33. The Balaban J connectivity index is 0.000000646. The molecule has 0 saturated carbocycles. The average Bonchev–Trinajstić information content (AvgIpc) is 3.01. The maximum absolute atomic E-state index is 4.39. The monoisotopic (exact) mass is 578 g/mol. The maximum atomic E-state index is 4.39. The molecule has 4 nitrogen and oxygen atoms in total. The highest BCUT2D eigenvalue weighted by Gasteiger charge is 2.21. The summed E-state index contributed by atoms with van der Waals surface area (Å²) in [5, 5.41) is 7.15. The first-order valence-electron chi connectivity index (χ1n) is 16.0. The third-order valence-corrected chi connectivity index (χ3v) is 8.00. The second-order valence-electron chi connectivity index (χ2n) is 11.7. The number of hydrogen-bond donors (Lipinski definition) is 2. The van der Waals surface area contributed by atoms with Gasteiger partial charge < -0.3 is 20.4 Å². The number of hydrogen-bond acceptors (Lipinski definition) is 4. The number of benzene rings is 3. The fraction of sp³-hybridized carbons (Fsp3) is 0.385. The van der Waals surface area contributed by atoms with Gasteiger partial charge in [-0.25, -0.2) is 0 Å². The minimum atomic E-state index is 0.912. The molecule has 0 bridgehead atoms. The van der Waals surface area contributed by atoms with E-state index in [9.17, 15) is 0 Å². The lowest BCUT2D eigenvalue weighted by atomic mass is 10.0. The molecule has 4 heteroatoms. The number of anilines is 3. The molecular formula is C39H54N4. The first-order valence-corrected chi connectivity index (χ1v) is 16.0. The first-order chi connectivity index (χ1) is 20.7. The van der Waals surface area contributed by atoms with Crippen molar-refractivity contribution >= 4 is 28.5 Å². The molecule has 0 amide bonds.